The van der Waals surface area contributed by atoms with Gasteiger partial charge in [-0.25, -0.2) is 4.98 Å². The third-order valence-electron chi connectivity index (χ3n) is 5.65. The van der Waals surface area contributed by atoms with Crippen LogP contribution in [0.4, 0.5) is 11.4 Å². The highest BCUT2D eigenvalue weighted by atomic mass is 79.9. The zero-order valence-electron chi connectivity index (χ0n) is 20.8. The summed E-state index contributed by atoms with van der Waals surface area (Å²) in [6.07, 6.45) is 1.29. The average molecular weight is 578 g/mol. The molecule has 0 fully saturated rings. The van der Waals surface area contributed by atoms with Crippen molar-refractivity contribution < 1.29 is 14.5 Å². The summed E-state index contributed by atoms with van der Waals surface area (Å²) in [6, 6.07) is 16.7. The van der Waals surface area contributed by atoms with E-state index >= 15 is 0 Å². The lowest BCUT2D eigenvalue weighted by atomic mass is 10.2. The molecule has 4 rings (SSSR count). The van der Waals surface area contributed by atoms with Crippen LogP contribution in [0.15, 0.2) is 75.0 Å². The fourth-order valence-corrected chi connectivity index (χ4v) is 4.11. The van der Waals surface area contributed by atoms with Crippen molar-refractivity contribution in [1.82, 2.24) is 9.66 Å². The minimum atomic E-state index is -0.604. The van der Waals surface area contributed by atoms with Crippen LogP contribution in [-0.2, 0) is 4.79 Å². The van der Waals surface area contributed by atoms with Gasteiger partial charge in [-0.1, -0.05) is 54.0 Å². The predicted molar refractivity (Wildman–Crippen MR) is 149 cm³/mol. The highest BCUT2D eigenvalue weighted by Crippen LogP contribution is 2.30. The van der Waals surface area contributed by atoms with Crippen LogP contribution >= 0.6 is 15.9 Å². The summed E-state index contributed by atoms with van der Waals surface area (Å²) in [4.78, 5) is 41.5. The number of aromatic nitrogens is 2. The SMILES string of the molecule is Cc1ccccc1NC(=O)COc1c(C=Nn2c(C(C)C)nc3ccc(Br)cc3c2=O)cccc1[N+](=O)[O-]. The summed E-state index contributed by atoms with van der Waals surface area (Å²) in [5, 5.41) is 19.2. The lowest BCUT2D eigenvalue weighted by Gasteiger charge is -2.13. The van der Waals surface area contributed by atoms with Crippen molar-refractivity contribution in [2.24, 2.45) is 5.10 Å². The first-order valence-electron chi connectivity index (χ1n) is 11.7. The molecule has 0 radical (unpaired) electrons. The normalized spacial score (nSPS) is 11.3. The van der Waals surface area contributed by atoms with E-state index in [1.807, 2.05) is 32.9 Å². The van der Waals surface area contributed by atoms with E-state index in [2.05, 4.69) is 31.3 Å². The molecule has 1 N–H and O–H groups in total. The number of fused-ring (bicyclic) bond motifs is 1. The van der Waals surface area contributed by atoms with E-state index in [1.54, 1.807) is 36.4 Å². The molecule has 0 aliphatic carbocycles. The van der Waals surface area contributed by atoms with Crippen LogP contribution in [0, 0.1) is 17.0 Å². The zero-order valence-corrected chi connectivity index (χ0v) is 22.4. The van der Waals surface area contributed by atoms with E-state index in [0.29, 0.717) is 22.4 Å². The minimum absolute atomic E-state index is 0.140. The summed E-state index contributed by atoms with van der Waals surface area (Å²) < 4.78 is 7.52. The maximum atomic E-state index is 13.3. The number of nitrogens with one attached hydrogen (secondary N) is 1. The third-order valence-corrected chi connectivity index (χ3v) is 6.14. The Morgan fingerprint density at radius 3 is 2.68 bits per heavy atom. The van der Waals surface area contributed by atoms with E-state index in [1.165, 1.54) is 23.0 Å². The molecular formula is C27H24BrN5O5. The molecule has 11 heteroatoms. The molecule has 38 heavy (non-hydrogen) atoms. The molecule has 0 spiro atoms. The second-order valence-corrected chi connectivity index (χ2v) is 9.67. The Kier molecular flexibility index (Phi) is 7.96. The molecule has 1 amide bonds. The lowest BCUT2D eigenvalue weighted by Crippen LogP contribution is -2.23. The van der Waals surface area contributed by atoms with Crippen LogP contribution in [0.25, 0.3) is 10.9 Å². The molecule has 1 heterocycles. The number of ether oxygens (including phenoxy) is 1. The second-order valence-electron chi connectivity index (χ2n) is 8.75. The first kappa shape index (κ1) is 26.7. The molecule has 10 nitrogen and oxygen atoms in total. The molecule has 4 aromatic rings. The van der Waals surface area contributed by atoms with Gasteiger partial charge in [0.1, 0.15) is 5.82 Å². The highest BCUT2D eigenvalue weighted by molar-refractivity contribution is 9.10. The Bertz CT molecular complexity index is 1630. The summed E-state index contributed by atoms with van der Waals surface area (Å²) in [7, 11) is 0. The first-order chi connectivity index (χ1) is 18.2. The number of amides is 1. The number of para-hydroxylation sites is 2. The number of halogens is 1. The van der Waals surface area contributed by atoms with Crippen LogP contribution < -0.4 is 15.6 Å². The van der Waals surface area contributed by atoms with E-state index in [0.717, 1.165) is 10.0 Å². The number of nitro benzene ring substituents is 1. The van der Waals surface area contributed by atoms with E-state index < -0.39 is 17.4 Å². The Balaban J connectivity index is 1.70. The lowest BCUT2D eigenvalue weighted by molar-refractivity contribution is -0.385. The number of benzene rings is 3. The molecule has 0 bridgehead atoms. The van der Waals surface area contributed by atoms with Crippen molar-refractivity contribution in [3.63, 3.8) is 0 Å². The number of aryl methyl sites for hydroxylation is 1. The van der Waals surface area contributed by atoms with Crippen molar-refractivity contribution in [1.29, 1.82) is 0 Å². The highest BCUT2D eigenvalue weighted by Gasteiger charge is 2.20. The minimum Gasteiger partial charge on any atom is -0.476 e. The Morgan fingerprint density at radius 1 is 1.21 bits per heavy atom. The van der Waals surface area contributed by atoms with Crippen molar-refractivity contribution in [3.8, 4) is 5.75 Å². The monoisotopic (exact) mass is 577 g/mol. The maximum Gasteiger partial charge on any atom is 0.311 e. The molecule has 1 aromatic heterocycles. The number of carbonyl (C=O) groups is 1. The van der Waals surface area contributed by atoms with E-state index in [9.17, 15) is 19.7 Å². The summed E-state index contributed by atoms with van der Waals surface area (Å²) in [5.41, 5.74) is 1.51. The van der Waals surface area contributed by atoms with Gasteiger partial charge in [0.2, 0.25) is 5.75 Å². The van der Waals surface area contributed by atoms with Crippen molar-refractivity contribution in [3.05, 3.63) is 103 Å². The van der Waals surface area contributed by atoms with Gasteiger partial charge < -0.3 is 10.1 Å². The standard InChI is InChI=1S/C27H24BrN5O5/c1-16(2)26-31-22-12-11-19(28)13-20(22)27(35)32(26)29-14-18-8-6-10-23(33(36)37)25(18)38-15-24(34)30-21-9-5-4-7-17(21)3/h4-14,16H,15H2,1-3H3,(H,30,34). The Labute approximate surface area is 226 Å². The van der Waals surface area contributed by atoms with Crippen molar-refractivity contribution >= 4 is 50.3 Å². The third kappa shape index (κ3) is 5.78. The van der Waals surface area contributed by atoms with Gasteiger partial charge in [0, 0.05) is 27.7 Å². The van der Waals surface area contributed by atoms with E-state index in [-0.39, 0.29) is 28.5 Å². The summed E-state index contributed by atoms with van der Waals surface area (Å²) in [5.74, 6) is -0.342. The van der Waals surface area contributed by atoms with Gasteiger partial charge in [-0.15, -0.1) is 0 Å². The maximum absolute atomic E-state index is 13.3. The predicted octanol–water partition coefficient (Wildman–Crippen LogP) is 5.40. The van der Waals surface area contributed by atoms with Crippen molar-refractivity contribution in [2.75, 3.05) is 11.9 Å². The molecular weight excluding hydrogens is 554 g/mol. The van der Waals surface area contributed by atoms with Gasteiger partial charge in [0.05, 0.1) is 22.0 Å². The van der Waals surface area contributed by atoms with Gasteiger partial charge in [0.25, 0.3) is 11.5 Å². The topological polar surface area (TPSA) is 129 Å². The van der Waals surface area contributed by atoms with Gasteiger partial charge in [-0.05, 0) is 42.8 Å². The first-order valence-corrected chi connectivity index (χ1v) is 12.5. The number of hydrogen-bond donors (Lipinski definition) is 1. The zero-order chi connectivity index (χ0) is 27.4. The van der Waals surface area contributed by atoms with Crippen molar-refractivity contribution in [2.45, 2.75) is 26.7 Å². The van der Waals surface area contributed by atoms with Crippen LogP contribution in [0.5, 0.6) is 5.75 Å². The number of nitro groups is 1. The van der Waals surface area contributed by atoms with Gasteiger partial charge in [-0.3, -0.25) is 19.7 Å². The summed E-state index contributed by atoms with van der Waals surface area (Å²) in [6.45, 7) is 5.14. The van der Waals surface area contributed by atoms with Crippen LogP contribution in [0.1, 0.15) is 36.7 Å². The molecule has 0 atom stereocenters. The molecule has 0 saturated carbocycles. The fourth-order valence-electron chi connectivity index (χ4n) is 3.75. The molecule has 0 aliphatic heterocycles. The molecule has 3 aromatic carbocycles. The molecule has 194 valence electrons. The molecule has 0 unspecified atom stereocenters. The number of hydrogen-bond acceptors (Lipinski definition) is 7. The van der Waals surface area contributed by atoms with Crippen LogP contribution in [-0.4, -0.2) is 33.3 Å². The smallest absolute Gasteiger partial charge is 0.311 e. The van der Waals surface area contributed by atoms with E-state index in [4.69, 9.17) is 4.74 Å². The van der Waals surface area contributed by atoms with Crippen LogP contribution in [0.2, 0.25) is 0 Å². The number of carbonyl (C=O) groups excluding carboxylic acids is 1. The van der Waals surface area contributed by atoms with Gasteiger partial charge in [-0.2, -0.15) is 9.78 Å². The second kappa shape index (κ2) is 11.3. The Morgan fingerprint density at radius 2 is 1.97 bits per heavy atom. The number of rotatable bonds is 8. The van der Waals surface area contributed by atoms with Gasteiger partial charge in [0.15, 0.2) is 6.61 Å². The fraction of sp³-hybridized carbons (Fsp3) is 0.185. The quantitative estimate of drug-likeness (QED) is 0.169. The van der Waals surface area contributed by atoms with Crippen LogP contribution in [0.3, 0.4) is 0 Å². The average Bonchev–Trinajstić information content (AvgIpc) is 2.88. The molecule has 0 saturated heterocycles. The largest absolute Gasteiger partial charge is 0.476 e. The Hall–Kier alpha value is -4.38. The summed E-state index contributed by atoms with van der Waals surface area (Å²) >= 11 is 3.37. The van der Waals surface area contributed by atoms with Gasteiger partial charge >= 0.3 is 5.69 Å². The number of anilines is 1. The molecule has 0 aliphatic rings. The number of nitrogens with zero attached hydrogens (tertiary/aromatic N) is 4.